The van der Waals surface area contributed by atoms with E-state index in [-0.39, 0.29) is 29.8 Å². The molecule has 114 valence electrons. The predicted molar refractivity (Wildman–Crippen MR) is 94.2 cm³/mol. The van der Waals surface area contributed by atoms with E-state index in [2.05, 4.69) is 29.5 Å². The molecule has 0 bridgehead atoms. The highest BCUT2D eigenvalue weighted by Gasteiger charge is 2.01. The predicted octanol–water partition coefficient (Wildman–Crippen LogP) is 3.46. The molecule has 3 nitrogen and oxygen atoms in total. The molecule has 2 N–H and O–H groups in total. The lowest BCUT2D eigenvalue weighted by Crippen LogP contribution is -2.37. The summed E-state index contributed by atoms with van der Waals surface area (Å²) in [5, 5.41) is 6.48. The highest BCUT2D eigenvalue weighted by molar-refractivity contribution is 14.0. The summed E-state index contributed by atoms with van der Waals surface area (Å²) in [6.07, 6.45) is 1.11. The minimum absolute atomic E-state index is 0. The van der Waals surface area contributed by atoms with Gasteiger partial charge in [0, 0.05) is 20.1 Å². The van der Waals surface area contributed by atoms with Gasteiger partial charge in [-0.15, -0.1) is 24.0 Å². The van der Waals surface area contributed by atoms with Crippen molar-refractivity contribution in [3.05, 3.63) is 35.1 Å². The molecule has 0 aliphatic rings. The third-order valence-electron chi connectivity index (χ3n) is 2.92. The van der Waals surface area contributed by atoms with E-state index in [9.17, 15) is 4.39 Å². The lowest BCUT2D eigenvalue weighted by atomic mass is 10.1. The standard InChI is InChI=1S/C15H24FN3.HI/c1-11(2)7-8-18-15(17-4)19-10-13-5-6-14(16)12(3)9-13;/h5-6,9,11H,7-8,10H2,1-4H3,(H2,17,18,19);1H. The summed E-state index contributed by atoms with van der Waals surface area (Å²) < 4.78 is 13.1. The van der Waals surface area contributed by atoms with Crippen LogP contribution in [0.4, 0.5) is 4.39 Å². The Balaban J connectivity index is 0.00000361. The lowest BCUT2D eigenvalue weighted by molar-refractivity contribution is 0.573. The molecule has 0 saturated heterocycles. The average Bonchev–Trinajstić information content (AvgIpc) is 2.37. The van der Waals surface area contributed by atoms with Gasteiger partial charge < -0.3 is 10.6 Å². The minimum atomic E-state index is -0.164. The van der Waals surface area contributed by atoms with Crippen molar-refractivity contribution in [2.24, 2.45) is 10.9 Å². The van der Waals surface area contributed by atoms with E-state index in [0.29, 0.717) is 18.0 Å². The molecule has 0 aromatic heterocycles. The number of hydrogen-bond acceptors (Lipinski definition) is 1. The Morgan fingerprint density at radius 3 is 2.55 bits per heavy atom. The van der Waals surface area contributed by atoms with E-state index in [1.54, 1.807) is 20.0 Å². The summed E-state index contributed by atoms with van der Waals surface area (Å²) >= 11 is 0. The summed E-state index contributed by atoms with van der Waals surface area (Å²) in [6, 6.07) is 5.14. The van der Waals surface area contributed by atoms with Crippen LogP contribution in [-0.4, -0.2) is 19.6 Å². The van der Waals surface area contributed by atoms with Crippen LogP contribution in [0.5, 0.6) is 0 Å². The van der Waals surface area contributed by atoms with Gasteiger partial charge in [-0.3, -0.25) is 4.99 Å². The van der Waals surface area contributed by atoms with Crippen LogP contribution in [0, 0.1) is 18.7 Å². The number of aryl methyl sites for hydroxylation is 1. The molecule has 0 heterocycles. The van der Waals surface area contributed by atoms with Crippen LogP contribution in [0.3, 0.4) is 0 Å². The molecule has 0 aliphatic heterocycles. The molecule has 0 atom stereocenters. The van der Waals surface area contributed by atoms with Crippen molar-refractivity contribution in [3.63, 3.8) is 0 Å². The number of guanidine groups is 1. The van der Waals surface area contributed by atoms with Gasteiger partial charge in [-0.1, -0.05) is 26.0 Å². The van der Waals surface area contributed by atoms with Gasteiger partial charge in [0.05, 0.1) is 0 Å². The summed E-state index contributed by atoms with van der Waals surface area (Å²) in [4.78, 5) is 4.16. The molecule has 0 spiro atoms. The van der Waals surface area contributed by atoms with Crippen molar-refractivity contribution in [2.45, 2.75) is 33.7 Å². The molecule has 0 fully saturated rings. The maximum atomic E-state index is 13.1. The fourth-order valence-corrected chi connectivity index (χ4v) is 1.70. The molecule has 0 radical (unpaired) electrons. The van der Waals surface area contributed by atoms with Crippen LogP contribution in [0.15, 0.2) is 23.2 Å². The first-order valence-corrected chi connectivity index (χ1v) is 6.72. The Morgan fingerprint density at radius 1 is 1.30 bits per heavy atom. The minimum Gasteiger partial charge on any atom is -0.356 e. The van der Waals surface area contributed by atoms with Crippen molar-refractivity contribution in [1.29, 1.82) is 0 Å². The molecule has 0 aliphatic carbocycles. The molecular formula is C15H25FIN3. The van der Waals surface area contributed by atoms with Crippen molar-refractivity contribution in [2.75, 3.05) is 13.6 Å². The third kappa shape index (κ3) is 7.07. The van der Waals surface area contributed by atoms with Crippen LogP contribution >= 0.6 is 24.0 Å². The molecule has 20 heavy (non-hydrogen) atoms. The van der Waals surface area contributed by atoms with E-state index in [0.717, 1.165) is 24.5 Å². The Labute approximate surface area is 138 Å². The second-order valence-corrected chi connectivity index (χ2v) is 5.12. The Bertz CT molecular complexity index is 433. The van der Waals surface area contributed by atoms with Crippen LogP contribution in [0.25, 0.3) is 0 Å². The van der Waals surface area contributed by atoms with Gasteiger partial charge in [0.1, 0.15) is 5.82 Å². The smallest absolute Gasteiger partial charge is 0.191 e. The quantitative estimate of drug-likeness (QED) is 0.457. The van der Waals surface area contributed by atoms with Gasteiger partial charge in [0.15, 0.2) is 5.96 Å². The number of rotatable bonds is 5. The second kappa shape index (κ2) is 9.96. The molecule has 5 heteroatoms. The Hall–Kier alpha value is -0.850. The zero-order chi connectivity index (χ0) is 14.3. The van der Waals surface area contributed by atoms with E-state index in [4.69, 9.17) is 0 Å². The van der Waals surface area contributed by atoms with Gasteiger partial charge in [-0.2, -0.15) is 0 Å². The molecule has 0 unspecified atom stereocenters. The zero-order valence-electron chi connectivity index (χ0n) is 12.7. The summed E-state index contributed by atoms with van der Waals surface area (Å²) in [5.41, 5.74) is 1.72. The highest BCUT2D eigenvalue weighted by atomic mass is 127. The van der Waals surface area contributed by atoms with E-state index in [1.165, 1.54) is 6.07 Å². The van der Waals surface area contributed by atoms with E-state index >= 15 is 0 Å². The van der Waals surface area contributed by atoms with Crippen LogP contribution in [-0.2, 0) is 6.54 Å². The van der Waals surface area contributed by atoms with Gasteiger partial charge in [-0.05, 0) is 36.5 Å². The van der Waals surface area contributed by atoms with Gasteiger partial charge in [0.25, 0.3) is 0 Å². The number of aliphatic imine (C=N–C) groups is 1. The second-order valence-electron chi connectivity index (χ2n) is 5.12. The normalized spacial score (nSPS) is 11.2. The van der Waals surface area contributed by atoms with Gasteiger partial charge in [-0.25, -0.2) is 4.39 Å². The maximum Gasteiger partial charge on any atom is 0.191 e. The number of nitrogens with zero attached hydrogens (tertiary/aromatic N) is 1. The zero-order valence-corrected chi connectivity index (χ0v) is 15.0. The number of hydrogen-bond donors (Lipinski definition) is 2. The molecule has 1 rings (SSSR count). The first kappa shape index (κ1) is 19.1. The average molecular weight is 393 g/mol. The maximum absolute atomic E-state index is 13.1. The number of benzene rings is 1. The monoisotopic (exact) mass is 393 g/mol. The lowest BCUT2D eigenvalue weighted by Gasteiger charge is -2.13. The highest BCUT2D eigenvalue weighted by Crippen LogP contribution is 2.08. The van der Waals surface area contributed by atoms with Gasteiger partial charge >= 0.3 is 0 Å². The van der Waals surface area contributed by atoms with E-state index in [1.807, 2.05) is 6.07 Å². The Morgan fingerprint density at radius 2 is 2.00 bits per heavy atom. The SMILES string of the molecule is CN=C(NCCC(C)C)NCc1ccc(F)c(C)c1.I. The van der Waals surface area contributed by atoms with Crippen molar-refractivity contribution in [3.8, 4) is 0 Å². The van der Waals surface area contributed by atoms with Gasteiger partial charge in [0.2, 0.25) is 0 Å². The van der Waals surface area contributed by atoms with Crippen molar-refractivity contribution in [1.82, 2.24) is 10.6 Å². The fourth-order valence-electron chi connectivity index (χ4n) is 1.70. The number of nitrogens with one attached hydrogen (secondary N) is 2. The third-order valence-corrected chi connectivity index (χ3v) is 2.92. The van der Waals surface area contributed by atoms with Crippen LogP contribution in [0.1, 0.15) is 31.4 Å². The van der Waals surface area contributed by atoms with Crippen molar-refractivity contribution < 1.29 is 4.39 Å². The number of halogens is 2. The topological polar surface area (TPSA) is 36.4 Å². The summed E-state index contributed by atoms with van der Waals surface area (Å²) in [6.45, 7) is 7.70. The molecule has 0 saturated carbocycles. The van der Waals surface area contributed by atoms with E-state index < -0.39 is 0 Å². The summed E-state index contributed by atoms with van der Waals surface area (Å²) in [5.74, 6) is 1.29. The Kier molecular flexibility index (Phi) is 9.54. The largest absolute Gasteiger partial charge is 0.356 e. The summed E-state index contributed by atoms with van der Waals surface area (Å²) in [7, 11) is 1.75. The van der Waals surface area contributed by atoms with Crippen molar-refractivity contribution >= 4 is 29.9 Å². The molecular weight excluding hydrogens is 368 g/mol. The molecule has 0 amide bonds. The van der Waals surface area contributed by atoms with Crippen LogP contribution < -0.4 is 10.6 Å². The first-order chi connectivity index (χ1) is 9.02. The fraction of sp³-hybridized carbons (Fsp3) is 0.533. The molecule has 1 aromatic carbocycles. The van der Waals surface area contributed by atoms with Crippen LogP contribution in [0.2, 0.25) is 0 Å². The first-order valence-electron chi connectivity index (χ1n) is 6.72. The molecule has 1 aromatic rings.